The Hall–Kier alpha value is -4.00. The molecular formula is C30H36N2O5. The number of hydrogen-bond acceptors (Lipinski definition) is 5. The van der Waals surface area contributed by atoms with Crippen molar-refractivity contribution in [3.05, 3.63) is 89.9 Å². The van der Waals surface area contributed by atoms with E-state index in [1.54, 1.807) is 42.4 Å². The van der Waals surface area contributed by atoms with Gasteiger partial charge in [-0.3, -0.25) is 9.59 Å². The molecule has 0 aliphatic carbocycles. The lowest BCUT2D eigenvalue weighted by atomic mass is 10.1. The number of ether oxygens (including phenoxy) is 2. The lowest BCUT2D eigenvalue weighted by Gasteiger charge is -2.30. The Kier molecular flexibility index (Phi) is 10.4. The molecule has 1 aromatic heterocycles. The molecule has 7 heteroatoms. The molecule has 0 saturated carbocycles. The SMILES string of the molecule is CCC(C)N(CC(=O)N(CCc1ccc(OC)c(OC)c1)Cc1ccco1)C(=O)/C=C/c1ccccc1. The fraction of sp³-hybridized carbons (Fsp3) is 0.333. The number of methoxy groups -OCH3 is 2. The summed E-state index contributed by atoms with van der Waals surface area (Å²) in [5.74, 6) is 1.65. The van der Waals surface area contributed by atoms with Crippen molar-refractivity contribution >= 4 is 17.9 Å². The molecule has 2 amide bonds. The number of rotatable bonds is 13. The third kappa shape index (κ3) is 8.00. The molecule has 3 aromatic rings. The van der Waals surface area contributed by atoms with Crippen LogP contribution >= 0.6 is 0 Å². The van der Waals surface area contributed by atoms with Crippen LogP contribution in [0.5, 0.6) is 11.5 Å². The van der Waals surface area contributed by atoms with E-state index in [2.05, 4.69) is 0 Å². The molecule has 0 aliphatic rings. The summed E-state index contributed by atoms with van der Waals surface area (Å²) in [5, 5.41) is 0. The molecule has 1 atom stereocenters. The van der Waals surface area contributed by atoms with Crippen molar-refractivity contribution in [1.29, 1.82) is 0 Å². The second-order valence-corrected chi connectivity index (χ2v) is 8.80. The minimum absolute atomic E-state index is 0.0143. The molecule has 0 spiro atoms. The predicted molar refractivity (Wildman–Crippen MR) is 144 cm³/mol. The fourth-order valence-electron chi connectivity index (χ4n) is 3.93. The van der Waals surface area contributed by atoms with Gasteiger partial charge in [0.05, 0.1) is 27.0 Å². The number of carbonyl (C=O) groups is 2. The quantitative estimate of drug-likeness (QED) is 0.299. The Morgan fingerprint density at radius 3 is 2.41 bits per heavy atom. The standard InChI is InChI=1S/C30H36N2O5/c1-5-23(2)32(29(33)16-14-24-10-7-6-8-11-24)22-30(34)31(21-26-12-9-19-37-26)18-17-25-13-15-27(35-3)28(20-25)36-4/h6-16,19-20,23H,5,17-18,21-22H2,1-4H3/b16-14+. The zero-order valence-corrected chi connectivity index (χ0v) is 22.1. The van der Waals surface area contributed by atoms with Gasteiger partial charge in [0.2, 0.25) is 11.8 Å². The van der Waals surface area contributed by atoms with Gasteiger partial charge in [-0.2, -0.15) is 0 Å². The van der Waals surface area contributed by atoms with Crippen molar-refractivity contribution in [2.45, 2.75) is 39.3 Å². The van der Waals surface area contributed by atoms with Gasteiger partial charge in [0.15, 0.2) is 11.5 Å². The highest BCUT2D eigenvalue weighted by molar-refractivity contribution is 5.94. The highest BCUT2D eigenvalue weighted by Crippen LogP contribution is 2.27. The first-order valence-corrected chi connectivity index (χ1v) is 12.5. The number of nitrogens with zero attached hydrogens (tertiary/aromatic N) is 2. The van der Waals surface area contributed by atoms with Crippen molar-refractivity contribution in [3.63, 3.8) is 0 Å². The largest absolute Gasteiger partial charge is 0.493 e. The third-order valence-corrected chi connectivity index (χ3v) is 6.33. The van der Waals surface area contributed by atoms with Gasteiger partial charge >= 0.3 is 0 Å². The van der Waals surface area contributed by atoms with Crippen LogP contribution in [0.1, 0.15) is 37.2 Å². The molecular weight excluding hydrogens is 468 g/mol. The molecule has 0 fully saturated rings. The normalized spacial score (nSPS) is 11.8. The first kappa shape index (κ1) is 27.6. The van der Waals surface area contributed by atoms with Crippen molar-refractivity contribution in [3.8, 4) is 11.5 Å². The van der Waals surface area contributed by atoms with Crippen LogP contribution in [0.2, 0.25) is 0 Å². The fourth-order valence-corrected chi connectivity index (χ4v) is 3.93. The number of benzene rings is 2. The minimum Gasteiger partial charge on any atom is -0.493 e. The molecule has 196 valence electrons. The van der Waals surface area contributed by atoms with E-state index in [-0.39, 0.29) is 24.4 Å². The molecule has 7 nitrogen and oxygen atoms in total. The number of hydrogen-bond donors (Lipinski definition) is 0. The lowest BCUT2D eigenvalue weighted by molar-refractivity contribution is -0.140. The Morgan fingerprint density at radius 1 is 1.00 bits per heavy atom. The monoisotopic (exact) mass is 504 g/mol. The Labute approximate surface area is 219 Å². The van der Waals surface area contributed by atoms with Crippen LogP contribution in [0.4, 0.5) is 0 Å². The van der Waals surface area contributed by atoms with E-state index in [1.165, 1.54) is 6.08 Å². The summed E-state index contributed by atoms with van der Waals surface area (Å²) in [6, 6.07) is 18.9. The Bertz CT molecular complexity index is 1160. The van der Waals surface area contributed by atoms with Crippen LogP contribution in [0.3, 0.4) is 0 Å². The Balaban J connectivity index is 1.75. The first-order valence-electron chi connectivity index (χ1n) is 12.5. The van der Waals surface area contributed by atoms with Crippen LogP contribution in [-0.4, -0.2) is 55.0 Å². The van der Waals surface area contributed by atoms with Gasteiger partial charge < -0.3 is 23.7 Å². The van der Waals surface area contributed by atoms with E-state index in [4.69, 9.17) is 13.9 Å². The lowest BCUT2D eigenvalue weighted by Crippen LogP contribution is -2.46. The van der Waals surface area contributed by atoms with Crippen molar-refractivity contribution < 1.29 is 23.5 Å². The maximum atomic E-state index is 13.5. The minimum atomic E-state index is -0.190. The van der Waals surface area contributed by atoms with Gasteiger partial charge in [0.1, 0.15) is 12.3 Å². The summed E-state index contributed by atoms with van der Waals surface area (Å²) in [7, 11) is 3.20. The first-order chi connectivity index (χ1) is 17.9. The van der Waals surface area contributed by atoms with Gasteiger partial charge in [0.25, 0.3) is 0 Å². The van der Waals surface area contributed by atoms with Crippen molar-refractivity contribution in [2.24, 2.45) is 0 Å². The van der Waals surface area contributed by atoms with E-state index in [0.717, 1.165) is 17.5 Å². The average Bonchev–Trinajstić information content (AvgIpc) is 3.45. The van der Waals surface area contributed by atoms with Gasteiger partial charge in [-0.15, -0.1) is 0 Å². The van der Waals surface area contributed by atoms with Gasteiger partial charge in [0, 0.05) is 18.7 Å². The van der Waals surface area contributed by atoms with E-state index >= 15 is 0 Å². The summed E-state index contributed by atoms with van der Waals surface area (Å²) in [6.07, 6.45) is 6.25. The van der Waals surface area contributed by atoms with Gasteiger partial charge in [-0.05, 0) is 61.2 Å². The zero-order chi connectivity index (χ0) is 26.6. The topological polar surface area (TPSA) is 72.2 Å². The molecule has 2 aromatic carbocycles. The summed E-state index contributed by atoms with van der Waals surface area (Å²) in [5.41, 5.74) is 1.94. The summed E-state index contributed by atoms with van der Waals surface area (Å²) >= 11 is 0. The smallest absolute Gasteiger partial charge is 0.247 e. The van der Waals surface area contributed by atoms with E-state index in [9.17, 15) is 9.59 Å². The molecule has 3 rings (SSSR count). The average molecular weight is 505 g/mol. The van der Waals surface area contributed by atoms with Crippen molar-refractivity contribution in [1.82, 2.24) is 9.80 Å². The highest BCUT2D eigenvalue weighted by atomic mass is 16.5. The van der Waals surface area contributed by atoms with Crippen LogP contribution in [0, 0.1) is 0 Å². The highest BCUT2D eigenvalue weighted by Gasteiger charge is 2.24. The molecule has 1 heterocycles. The molecule has 0 N–H and O–H groups in total. The predicted octanol–water partition coefficient (Wildman–Crippen LogP) is 5.21. The van der Waals surface area contributed by atoms with Crippen LogP contribution in [-0.2, 0) is 22.6 Å². The third-order valence-electron chi connectivity index (χ3n) is 6.33. The maximum Gasteiger partial charge on any atom is 0.247 e. The molecule has 0 bridgehead atoms. The Morgan fingerprint density at radius 2 is 1.76 bits per heavy atom. The molecule has 37 heavy (non-hydrogen) atoms. The van der Waals surface area contributed by atoms with Crippen LogP contribution in [0.25, 0.3) is 6.08 Å². The summed E-state index contributed by atoms with van der Waals surface area (Å²) in [6.45, 7) is 4.73. The van der Waals surface area contributed by atoms with Crippen LogP contribution in [0.15, 0.2) is 77.4 Å². The van der Waals surface area contributed by atoms with E-state index in [1.807, 2.05) is 68.4 Å². The summed E-state index contributed by atoms with van der Waals surface area (Å²) < 4.78 is 16.3. The second kappa shape index (κ2) is 13.9. The maximum absolute atomic E-state index is 13.5. The molecule has 0 radical (unpaired) electrons. The van der Waals surface area contributed by atoms with Gasteiger partial charge in [-0.25, -0.2) is 0 Å². The van der Waals surface area contributed by atoms with Crippen LogP contribution < -0.4 is 9.47 Å². The number of furan rings is 1. The number of amides is 2. The zero-order valence-electron chi connectivity index (χ0n) is 22.1. The van der Waals surface area contributed by atoms with E-state index < -0.39 is 0 Å². The molecule has 0 saturated heterocycles. The molecule has 0 aliphatic heterocycles. The molecule has 1 unspecified atom stereocenters. The second-order valence-electron chi connectivity index (χ2n) is 8.80. The van der Waals surface area contributed by atoms with E-state index in [0.29, 0.717) is 36.8 Å². The summed E-state index contributed by atoms with van der Waals surface area (Å²) in [4.78, 5) is 30.0. The number of carbonyl (C=O) groups excluding carboxylic acids is 2. The van der Waals surface area contributed by atoms with Gasteiger partial charge in [-0.1, -0.05) is 43.3 Å². The van der Waals surface area contributed by atoms with Crippen molar-refractivity contribution in [2.75, 3.05) is 27.3 Å².